The zero-order chi connectivity index (χ0) is 29.6. The van der Waals surface area contributed by atoms with Crippen molar-refractivity contribution in [1.82, 2.24) is 15.2 Å². The van der Waals surface area contributed by atoms with E-state index < -0.39 is 77.6 Å². The van der Waals surface area contributed by atoms with Gasteiger partial charge in [-0.1, -0.05) is 6.07 Å². The first-order valence-electron chi connectivity index (χ1n) is 12.6. The fourth-order valence-corrected chi connectivity index (χ4v) is 4.11. The van der Waals surface area contributed by atoms with Crippen LogP contribution in [0.15, 0.2) is 30.5 Å². The third-order valence-electron chi connectivity index (χ3n) is 6.11. The number of nitrogens with one attached hydrogen (secondary N) is 1. The van der Waals surface area contributed by atoms with Crippen LogP contribution in [-0.4, -0.2) is 70.2 Å². The van der Waals surface area contributed by atoms with Gasteiger partial charge in [-0.2, -0.15) is 8.78 Å². The normalized spacial score (nSPS) is 15.8. The molecule has 1 aromatic carbocycles. The highest BCUT2D eigenvalue weighted by Crippen LogP contribution is 2.27. The summed E-state index contributed by atoms with van der Waals surface area (Å²) in [5.74, 6) is -10.6. The molecule has 2 atom stereocenters. The van der Waals surface area contributed by atoms with E-state index in [1.165, 1.54) is 6.20 Å². The number of aromatic nitrogens is 1. The number of likely N-dealkylation sites (tertiary alicyclic amines) is 1. The lowest BCUT2D eigenvalue weighted by atomic mass is 9.94. The predicted molar refractivity (Wildman–Crippen MR) is 133 cm³/mol. The van der Waals surface area contributed by atoms with Crippen LogP contribution in [0, 0.1) is 29.2 Å². The number of aliphatic hydroxyl groups is 1. The molecule has 40 heavy (non-hydrogen) atoms. The summed E-state index contributed by atoms with van der Waals surface area (Å²) in [4.78, 5) is 43.7. The summed E-state index contributed by atoms with van der Waals surface area (Å²) in [6, 6.07) is 3.63. The Kier molecular flexibility index (Phi) is 10.1. The SMILES string of the molecule is CC(C)(C)OC(=O)C[C@H](NC(=O)C1CCN(C(=O)c2ccccn2)CC1)C(O)COc1c(F)c(F)cc(F)c1F. The van der Waals surface area contributed by atoms with Gasteiger partial charge in [-0.15, -0.1) is 0 Å². The molecular formula is C27H31F4N3O6. The third-order valence-corrected chi connectivity index (χ3v) is 6.11. The van der Waals surface area contributed by atoms with Crippen molar-refractivity contribution in [2.45, 2.75) is 57.8 Å². The molecule has 1 aliphatic heterocycles. The second-order valence-electron chi connectivity index (χ2n) is 10.4. The molecular weight excluding hydrogens is 538 g/mol. The molecule has 9 nitrogen and oxygen atoms in total. The Morgan fingerprint density at radius 1 is 1.10 bits per heavy atom. The minimum absolute atomic E-state index is 0.00865. The Labute approximate surface area is 228 Å². The number of carbonyl (C=O) groups is 3. The van der Waals surface area contributed by atoms with Gasteiger partial charge in [0.05, 0.1) is 12.5 Å². The highest BCUT2D eigenvalue weighted by molar-refractivity contribution is 5.92. The second-order valence-corrected chi connectivity index (χ2v) is 10.4. The van der Waals surface area contributed by atoms with E-state index in [2.05, 4.69) is 10.3 Å². The molecule has 1 unspecified atom stereocenters. The van der Waals surface area contributed by atoms with E-state index in [0.717, 1.165) is 0 Å². The molecule has 0 radical (unpaired) electrons. The summed E-state index contributed by atoms with van der Waals surface area (Å²) in [6.45, 7) is 4.45. The van der Waals surface area contributed by atoms with Crippen LogP contribution in [0.2, 0.25) is 0 Å². The number of ether oxygens (including phenoxy) is 2. The summed E-state index contributed by atoms with van der Waals surface area (Å²) >= 11 is 0. The molecule has 1 fully saturated rings. The lowest BCUT2D eigenvalue weighted by Crippen LogP contribution is -2.51. The van der Waals surface area contributed by atoms with Crippen molar-refractivity contribution in [3.63, 3.8) is 0 Å². The maximum Gasteiger partial charge on any atom is 0.308 e. The summed E-state index contributed by atoms with van der Waals surface area (Å²) in [6.07, 6.45) is -0.189. The quantitative estimate of drug-likeness (QED) is 0.271. The monoisotopic (exact) mass is 569 g/mol. The van der Waals surface area contributed by atoms with Gasteiger partial charge in [0, 0.05) is 31.3 Å². The van der Waals surface area contributed by atoms with Gasteiger partial charge >= 0.3 is 5.97 Å². The first kappa shape index (κ1) is 30.8. The number of hydrogen-bond acceptors (Lipinski definition) is 7. The highest BCUT2D eigenvalue weighted by atomic mass is 19.2. The number of rotatable bonds is 9. The molecule has 0 spiro atoms. The lowest BCUT2D eigenvalue weighted by Gasteiger charge is -2.33. The Morgan fingerprint density at radius 3 is 2.27 bits per heavy atom. The minimum Gasteiger partial charge on any atom is -0.485 e. The van der Waals surface area contributed by atoms with Crippen LogP contribution >= 0.6 is 0 Å². The van der Waals surface area contributed by atoms with Gasteiger partial charge in [0.25, 0.3) is 5.91 Å². The average Bonchev–Trinajstić information content (AvgIpc) is 2.90. The summed E-state index contributed by atoms with van der Waals surface area (Å²) in [5.41, 5.74) is -0.609. The number of benzene rings is 1. The number of esters is 1. The van der Waals surface area contributed by atoms with E-state index in [1.807, 2.05) is 0 Å². The molecule has 13 heteroatoms. The van der Waals surface area contributed by atoms with E-state index in [0.29, 0.717) is 0 Å². The van der Waals surface area contributed by atoms with Crippen molar-refractivity contribution in [2.75, 3.05) is 19.7 Å². The molecule has 0 aliphatic carbocycles. The Bertz CT molecular complexity index is 1190. The molecule has 3 rings (SSSR count). The van der Waals surface area contributed by atoms with Crippen LogP contribution in [0.1, 0.15) is 50.5 Å². The summed E-state index contributed by atoms with van der Waals surface area (Å²) in [5, 5.41) is 13.2. The van der Waals surface area contributed by atoms with Crippen molar-refractivity contribution in [3.05, 3.63) is 59.4 Å². The maximum atomic E-state index is 14.0. The van der Waals surface area contributed by atoms with Gasteiger partial charge in [0.15, 0.2) is 17.4 Å². The largest absolute Gasteiger partial charge is 0.485 e. The van der Waals surface area contributed by atoms with Crippen LogP contribution in [0.4, 0.5) is 17.6 Å². The van der Waals surface area contributed by atoms with Gasteiger partial charge in [-0.3, -0.25) is 19.4 Å². The molecule has 2 amide bonds. The highest BCUT2D eigenvalue weighted by Gasteiger charge is 2.33. The molecule has 0 bridgehead atoms. The van der Waals surface area contributed by atoms with Gasteiger partial charge < -0.3 is 24.8 Å². The number of carbonyl (C=O) groups excluding carboxylic acids is 3. The molecule has 1 aromatic heterocycles. The van der Waals surface area contributed by atoms with E-state index in [1.54, 1.807) is 43.9 Å². The summed E-state index contributed by atoms with van der Waals surface area (Å²) in [7, 11) is 0. The minimum atomic E-state index is -1.80. The Balaban J connectivity index is 1.66. The van der Waals surface area contributed by atoms with Gasteiger partial charge in [-0.05, 0) is 45.7 Å². The standard InChI is InChI=1S/C27H31F4N3O6/c1-27(2,3)40-21(36)13-19(20(35)14-39-24-22(30)16(28)12-17(29)23(24)31)33-25(37)15-7-10-34(11-8-15)26(38)18-6-4-5-9-32-18/h4-6,9,12,15,19-20,35H,7-8,10-11,13-14H2,1-3H3,(H,33,37)/t19-,20?/m0/s1. The zero-order valence-electron chi connectivity index (χ0n) is 22.3. The Morgan fingerprint density at radius 2 is 1.73 bits per heavy atom. The van der Waals surface area contributed by atoms with Gasteiger partial charge in [0.2, 0.25) is 17.5 Å². The molecule has 2 aromatic rings. The summed E-state index contributed by atoms with van der Waals surface area (Å²) < 4.78 is 65.1. The average molecular weight is 570 g/mol. The number of hydrogen-bond donors (Lipinski definition) is 2. The van der Waals surface area contributed by atoms with Crippen molar-refractivity contribution >= 4 is 17.8 Å². The van der Waals surface area contributed by atoms with Crippen molar-refractivity contribution in [3.8, 4) is 5.75 Å². The number of pyridine rings is 1. The van der Waals surface area contributed by atoms with Crippen LogP contribution in [-0.2, 0) is 14.3 Å². The first-order chi connectivity index (χ1) is 18.8. The molecule has 2 N–H and O–H groups in total. The zero-order valence-corrected chi connectivity index (χ0v) is 22.3. The van der Waals surface area contributed by atoms with E-state index >= 15 is 0 Å². The van der Waals surface area contributed by atoms with Crippen LogP contribution in [0.5, 0.6) is 5.75 Å². The van der Waals surface area contributed by atoms with E-state index in [-0.39, 0.29) is 43.6 Å². The second kappa shape index (κ2) is 13.1. The number of piperidine rings is 1. The number of aliphatic hydroxyl groups excluding tert-OH is 1. The molecule has 1 aliphatic rings. The smallest absolute Gasteiger partial charge is 0.308 e. The van der Waals surface area contributed by atoms with Crippen molar-refractivity contribution < 1.29 is 46.5 Å². The Hall–Kier alpha value is -3.74. The predicted octanol–water partition coefficient (Wildman–Crippen LogP) is 3.15. The number of halogens is 4. The van der Waals surface area contributed by atoms with Crippen LogP contribution < -0.4 is 10.1 Å². The van der Waals surface area contributed by atoms with E-state index in [9.17, 15) is 37.1 Å². The van der Waals surface area contributed by atoms with Gasteiger partial charge in [-0.25, -0.2) is 8.78 Å². The molecule has 2 heterocycles. The fourth-order valence-electron chi connectivity index (χ4n) is 4.11. The third kappa shape index (κ3) is 8.13. The number of nitrogens with zero attached hydrogens (tertiary/aromatic N) is 2. The van der Waals surface area contributed by atoms with Gasteiger partial charge in [0.1, 0.15) is 24.0 Å². The van der Waals surface area contributed by atoms with Crippen molar-refractivity contribution in [2.24, 2.45) is 5.92 Å². The van der Waals surface area contributed by atoms with Crippen LogP contribution in [0.25, 0.3) is 0 Å². The topological polar surface area (TPSA) is 118 Å². The van der Waals surface area contributed by atoms with E-state index in [4.69, 9.17) is 9.47 Å². The number of amides is 2. The first-order valence-corrected chi connectivity index (χ1v) is 12.6. The van der Waals surface area contributed by atoms with Crippen LogP contribution in [0.3, 0.4) is 0 Å². The molecule has 1 saturated heterocycles. The molecule has 0 saturated carbocycles. The molecule has 218 valence electrons. The van der Waals surface area contributed by atoms with Crippen molar-refractivity contribution in [1.29, 1.82) is 0 Å². The maximum absolute atomic E-state index is 14.0. The lowest BCUT2D eigenvalue weighted by molar-refractivity contribution is -0.156. The fraction of sp³-hybridized carbons (Fsp3) is 0.481.